The maximum Gasteiger partial charge on any atom is 0.372 e. The van der Waals surface area contributed by atoms with E-state index in [9.17, 15) is 4.79 Å². The summed E-state index contributed by atoms with van der Waals surface area (Å²) in [4.78, 5) is 13.5. The molecule has 4 heteroatoms. The third-order valence-corrected chi connectivity index (χ3v) is 5.42. The largest absolute Gasteiger partial charge is 0.475 e. The van der Waals surface area contributed by atoms with Gasteiger partial charge in [0.05, 0.1) is 6.54 Å². The molecule has 1 aliphatic rings. The minimum atomic E-state index is -0.990. The van der Waals surface area contributed by atoms with Crippen LogP contribution in [-0.2, 0) is 13.0 Å². The molecule has 1 aliphatic heterocycles. The molecule has 3 rings (SSSR count). The minimum absolute atomic E-state index is 0.0692. The van der Waals surface area contributed by atoms with Gasteiger partial charge in [0.2, 0.25) is 5.76 Å². The van der Waals surface area contributed by atoms with Crippen molar-refractivity contribution in [2.45, 2.75) is 52.5 Å². The molecule has 1 fully saturated rings. The summed E-state index contributed by atoms with van der Waals surface area (Å²) in [5.41, 5.74) is 3.53. The first-order valence-corrected chi connectivity index (χ1v) is 9.56. The van der Waals surface area contributed by atoms with E-state index in [4.69, 9.17) is 9.52 Å². The second-order valence-corrected chi connectivity index (χ2v) is 7.85. The first-order chi connectivity index (χ1) is 12.4. The SMILES string of the molecule is Cc1cc(CN2CCC(Cc3ccc(C(C)C)cc3)CC2)oc1C(=O)O. The van der Waals surface area contributed by atoms with Crippen LogP contribution in [0.25, 0.3) is 0 Å². The molecule has 0 aliphatic carbocycles. The van der Waals surface area contributed by atoms with Gasteiger partial charge in [-0.25, -0.2) is 4.79 Å². The molecule has 0 spiro atoms. The Bertz CT molecular complexity index is 737. The number of aromatic carboxylic acids is 1. The summed E-state index contributed by atoms with van der Waals surface area (Å²) in [6, 6.07) is 10.9. The van der Waals surface area contributed by atoms with Gasteiger partial charge < -0.3 is 9.52 Å². The summed E-state index contributed by atoms with van der Waals surface area (Å²) < 4.78 is 5.49. The van der Waals surface area contributed by atoms with Crippen LogP contribution in [0.5, 0.6) is 0 Å². The van der Waals surface area contributed by atoms with Gasteiger partial charge in [-0.05, 0) is 68.3 Å². The highest BCUT2D eigenvalue weighted by Crippen LogP contribution is 2.25. The van der Waals surface area contributed by atoms with E-state index in [2.05, 4.69) is 43.0 Å². The Morgan fingerprint density at radius 1 is 1.23 bits per heavy atom. The van der Waals surface area contributed by atoms with Crippen LogP contribution >= 0.6 is 0 Å². The molecule has 0 amide bonds. The van der Waals surface area contributed by atoms with Crippen LogP contribution in [-0.4, -0.2) is 29.1 Å². The number of furan rings is 1. The standard InChI is InChI=1S/C22H29NO3/c1-15(2)19-6-4-17(5-7-19)13-18-8-10-23(11-9-18)14-20-12-16(3)21(26-20)22(24)25/h4-7,12,15,18H,8-11,13-14H2,1-3H3,(H,24,25). The zero-order valence-corrected chi connectivity index (χ0v) is 16.0. The molecule has 2 heterocycles. The Morgan fingerprint density at radius 2 is 1.88 bits per heavy atom. The van der Waals surface area contributed by atoms with E-state index >= 15 is 0 Å². The van der Waals surface area contributed by atoms with Crippen LogP contribution in [0, 0.1) is 12.8 Å². The van der Waals surface area contributed by atoms with E-state index < -0.39 is 5.97 Å². The first kappa shape index (κ1) is 18.7. The van der Waals surface area contributed by atoms with Crippen LogP contribution in [0.3, 0.4) is 0 Å². The number of likely N-dealkylation sites (tertiary alicyclic amines) is 1. The van der Waals surface area contributed by atoms with Crippen molar-refractivity contribution in [3.8, 4) is 0 Å². The first-order valence-electron chi connectivity index (χ1n) is 9.56. The molecule has 1 saturated heterocycles. The van der Waals surface area contributed by atoms with E-state index in [1.165, 1.54) is 24.0 Å². The number of piperidine rings is 1. The molecule has 0 radical (unpaired) electrons. The number of benzene rings is 1. The van der Waals surface area contributed by atoms with Crippen molar-refractivity contribution in [2.24, 2.45) is 5.92 Å². The van der Waals surface area contributed by atoms with E-state index in [0.717, 1.165) is 31.2 Å². The zero-order chi connectivity index (χ0) is 18.7. The van der Waals surface area contributed by atoms with Gasteiger partial charge in [0.25, 0.3) is 0 Å². The van der Waals surface area contributed by atoms with Gasteiger partial charge in [-0.1, -0.05) is 38.1 Å². The highest BCUT2D eigenvalue weighted by Gasteiger charge is 2.22. The number of rotatable bonds is 6. The van der Waals surface area contributed by atoms with Crippen molar-refractivity contribution in [3.63, 3.8) is 0 Å². The summed E-state index contributed by atoms with van der Waals surface area (Å²) in [5, 5.41) is 9.10. The Balaban J connectivity index is 1.49. The lowest BCUT2D eigenvalue weighted by Gasteiger charge is -2.31. The topological polar surface area (TPSA) is 53.7 Å². The second-order valence-electron chi connectivity index (χ2n) is 7.85. The molecular formula is C22H29NO3. The number of aryl methyl sites for hydroxylation is 1. The van der Waals surface area contributed by atoms with Gasteiger partial charge in [-0.3, -0.25) is 4.90 Å². The monoisotopic (exact) mass is 355 g/mol. The number of carboxylic acids is 1. The predicted molar refractivity (Wildman–Crippen MR) is 103 cm³/mol. The fourth-order valence-corrected chi connectivity index (χ4v) is 3.78. The quantitative estimate of drug-likeness (QED) is 0.803. The molecule has 4 nitrogen and oxygen atoms in total. The Kier molecular flexibility index (Phi) is 5.82. The van der Waals surface area contributed by atoms with Gasteiger partial charge >= 0.3 is 5.97 Å². The van der Waals surface area contributed by atoms with Crippen molar-refractivity contribution in [2.75, 3.05) is 13.1 Å². The number of hydrogen-bond donors (Lipinski definition) is 1. The number of carbonyl (C=O) groups is 1. The zero-order valence-electron chi connectivity index (χ0n) is 16.0. The van der Waals surface area contributed by atoms with Crippen molar-refractivity contribution < 1.29 is 14.3 Å². The van der Waals surface area contributed by atoms with Gasteiger partial charge in [0, 0.05) is 5.56 Å². The van der Waals surface area contributed by atoms with Crippen molar-refractivity contribution in [1.82, 2.24) is 4.90 Å². The molecule has 1 N–H and O–H groups in total. The average Bonchev–Trinajstić information content (AvgIpc) is 2.98. The number of hydrogen-bond acceptors (Lipinski definition) is 3. The third kappa shape index (κ3) is 4.55. The van der Waals surface area contributed by atoms with Crippen LogP contribution in [0.15, 0.2) is 34.7 Å². The summed E-state index contributed by atoms with van der Waals surface area (Å²) in [5.74, 6) is 1.14. The molecular weight excluding hydrogens is 326 g/mol. The van der Waals surface area contributed by atoms with Crippen LogP contribution in [0.4, 0.5) is 0 Å². The van der Waals surface area contributed by atoms with Crippen molar-refractivity contribution >= 4 is 5.97 Å². The summed E-state index contributed by atoms with van der Waals surface area (Å²) >= 11 is 0. The molecule has 1 aromatic heterocycles. The maximum absolute atomic E-state index is 11.1. The Morgan fingerprint density at radius 3 is 2.42 bits per heavy atom. The lowest BCUT2D eigenvalue weighted by Crippen LogP contribution is -2.33. The minimum Gasteiger partial charge on any atom is -0.475 e. The van der Waals surface area contributed by atoms with Crippen LogP contribution in [0.2, 0.25) is 0 Å². The van der Waals surface area contributed by atoms with Crippen molar-refractivity contribution in [3.05, 3.63) is 58.5 Å². The fraction of sp³-hybridized carbons (Fsp3) is 0.500. The lowest BCUT2D eigenvalue weighted by atomic mass is 9.89. The van der Waals surface area contributed by atoms with Gasteiger partial charge in [-0.2, -0.15) is 0 Å². The number of carboxylic acid groups (broad SMARTS) is 1. The van der Waals surface area contributed by atoms with E-state index in [0.29, 0.717) is 18.0 Å². The normalized spacial score (nSPS) is 16.3. The molecule has 0 atom stereocenters. The van der Waals surface area contributed by atoms with Gasteiger partial charge in [-0.15, -0.1) is 0 Å². The molecule has 26 heavy (non-hydrogen) atoms. The fourth-order valence-electron chi connectivity index (χ4n) is 3.78. The maximum atomic E-state index is 11.1. The molecule has 2 aromatic rings. The molecule has 0 saturated carbocycles. The molecule has 0 unspecified atom stereocenters. The second kappa shape index (κ2) is 8.09. The van der Waals surface area contributed by atoms with Gasteiger partial charge in [0.1, 0.15) is 5.76 Å². The smallest absolute Gasteiger partial charge is 0.372 e. The highest BCUT2D eigenvalue weighted by atomic mass is 16.4. The van der Waals surface area contributed by atoms with E-state index in [1.54, 1.807) is 6.92 Å². The Hall–Kier alpha value is -2.07. The third-order valence-electron chi connectivity index (χ3n) is 5.42. The van der Waals surface area contributed by atoms with Crippen LogP contribution < -0.4 is 0 Å². The van der Waals surface area contributed by atoms with Crippen molar-refractivity contribution in [1.29, 1.82) is 0 Å². The Labute approximate surface area is 155 Å². The van der Waals surface area contributed by atoms with E-state index in [-0.39, 0.29) is 5.76 Å². The summed E-state index contributed by atoms with van der Waals surface area (Å²) in [7, 11) is 0. The summed E-state index contributed by atoms with van der Waals surface area (Å²) in [6.45, 7) is 9.01. The number of nitrogens with zero attached hydrogens (tertiary/aromatic N) is 1. The van der Waals surface area contributed by atoms with Gasteiger partial charge in [0.15, 0.2) is 0 Å². The highest BCUT2D eigenvalue weighted by molar-refractivity contribution is 5.86. The van der Waals surface area contributed by atoms with Crippen LogP contribution in [0.1, 0.15) is 65.6 Å². The average molecular weight is 355 g/mol. The summed E-state index contributed by atoms with van der Waals surface area (Å²) in [6.07, 6.45) is 3.50. The predicted octanol–water partition coefficient (Wildman–Crippen LogP) is 4.86. The molecule has 1 aromatic carbocycles. The lowest BCUT2D eigenvalue weighted by molar-refractivity contribution is 0.0656. The molecule has 140 valence electrons. The molecule has 0 bridgehead atoms. The van der Waals surface area contributed by atoms with E-state index in [1.807, 2.05) is 6.07 Å².